The van der Waals surface area contributed by atoms with Crippen molar-refractivity contribution in [1.29, 1.82) is 0 Å². The van der Waals surface area contributed by atoms with Gasteiger partial charge in [-0.3, -0.25) is 0 Å². The van der Waals surface area contributed by atoms with Gasteiger partial charge in [0.05, 0.1) is 11.4 Å². The maximum atomic E-state index is 5.66. The number of aromatic nitrogens is 3. The van der Waals surface area contributed by atoms with Crippen LogP contribution >= 0.6 is 11.8 Å². The first-order chi connectivity index (χ1) is 9.72. The average molecular weight is 287 g/mol. The van der Waals surface area contributed by atoms with Crippen LogP contribution in [0.1, 0.15) is 17.0 Å². The minimum Gasteiger partial charge on any atom is -0.411 e. The largest absolute Gasteiger partial charge is 0.411 e. The average Bonchev–Trinajstić information content (AvgIpc) is 3.06. The lowest BCUT2D eigenvalue weighted by atomic mass is 10.1. The van der Waals surface area contributed by atoms with Crippen LogP contribution in [0, 0.1) is 13.8 Å². The third-order valence-electron chi connectivity index (χ3n) is 2.80. The SMILES string of the molecule is Cc1cc(CSc2nnc(-c3ccccc3C)o2)on1. The molecule has 0 aliphatic rings. The number of hydrogen-bond donors (Lipinski definition) is 0. The second-order valence-corrected chi connectivity index (χ2v) is 5.34. The molecule has 1 aromatic carbocycles. The molecule has 2 heterocycles. The molecule has 20 heavy (non-hydrogen) atoms. The Labute approximate surface area is 120 Å². The fourth-order valence-corrected chi connectivity index (χ4v) is 2.45. The molecule has 0 N–H and O–H groups in total. The summed E-state index contributed by atoms with van der Waals surface area (Å²) in [5.41, 5.74) is 2.94. The lowest BCUT2D eigenvalue weighted by Crippen LogP contribution is -1.81. The molecule has 2 aromatic heterocycles. The quantitative estimate of drug-likeness (QED) is 0.683. The molecule has 102 valence electrons. The summed E-state index contributed by atoms with van der Waals surface area (Å²) in [6.07, 6.45) is 0. The molecule has 0 fully saturated rings. The molecule has 0 aliphatic carbocycles. The summed E-state index contributed by atoms with van der Waals surface area (Å²) in [5, 5.41) is 12.5. The van der Waals surface area contributed by atoms with Gasteiger partial charge in [-0.05, 0) is 25.5 Å². The van der Waals surface area contributed by atoms with Crippen LogP contribution < -0.4 is 0 Å². The third-order valence-corrected chi connectivity index (χ3v) is 3.64. The van der Waals surface area contributed by atoms with E-state index in [0.29, 0.717) is 16.9 Å². The lowest BCUT2D eigenvalue weighted by Gasteiger charge is -1.98. The van der Waals surface area contributed by atoms with Gasteiger partial charge in [-0.2, -0.15) is 0 Å². The first kappa shape index (κ1) is 12.9. The van der Waals surface area contributed by atoms with E-state index in [1.807, 2.05) is 44.2 Å². The molecule has 0 spiro atoms. The molecule has 0 atom stereocenters. The van der Waals surface area contributed by atoms with Crippen LogP contribution in [-0.2, 0) is 5.75 Å². The van der Waals surface area contributed by atoms with E-state index in [2.05, 4.69) is 15.4 Å². The minimum atomic E-state index is 0.525. The monoisotopic (exact) mass is 287 g/mol. The van der Waals surface area contributed by atoms with Crippen molar-refractivity contribution in [2.24, 2.45) is 0 Å². The Hall–Kier alpha value is -2.08. The molecule has 0 aliphatic heterocycles. The number of rotatable bonds is 4. The van der Waals surface area contributed by atoms with Crippen molar-refractivity contribution in [3.8, 4) is 11.5 Å². The van der Waals surface area contributed by atoms with Gasteiger partial charge in [-0.25, -0.2) is 0 Å². The number of nitrogens with zero attached hydrogens (tertiary/aromatic N) is 3. The molecule has 0 amide bonds. The van der Waals surface area contributed by atoms with Gasteiger partial charge in [0.1, 0.15) is 5.76 Å². The van der Waals surface area contributed by atoms with Crippen LogP contribution in [0.25, 0.3) is 11.5 Å². The molecule has 0 saturated carbocycles. The van der Waals surface area contributed by atoms with Crippen molar-refractivity contribution in [3.63, 3.8) is 0 Å². The Kier molecular flexibility index (Phi) is 3.56. The van der Waals surface area contributed by atoms with Gasteiger partial charge in [0.15, 0.2) is 0 Å². The second kappa shape index (κ2) is 5.50. The standard InChI is InChI=1S/C14H13N3O2S/c1-9-5-3-4-6-12(9)13-15-16-14(18-13)20-8-11-7-10(2)17-19-11/h3-7H,8H2,1-2H3. The highest BCUT2D eigenvalue weighted by Gasteiger charge is 2.11. The van der Waals surface area contributed by atoms with Crippen molar-refractivity contribution in [3.05, 3.63) is 47.3 Å². The van der Waals surface area contributed by atoms with Gasteiger partial charge >= 0.3 is 0 Å². The summed E-state index contributed by atoms with van der Waals surface area (Å²) in [6, 6.07) is 9.82. The van der Waals surface area contributed by atoms with Gasteiger partial charge in [0.25, 0.3) is 5.22 Å². The van der Waals surface area contributed by atoms with E-state index in [1.165, 1.54) is 11.8 Å². The van der Waals surface area contributed by atoms with Crippen LogP contribution in [0.2, 0.25) is 0 Å². The van der Waals surface area contributed by atoms with E-state index < -0.39 is 0 Å². The summed E-state index contributed by atoms with van der Waals surface area (Å²) in [7, 11) is 0. The second-order valence-electron chi connectivity index (χ2n) is 4.41. The van der Waals surface area contributed by atoms with Crippen molar-refractivity contribution >= 4 is 11.8 Å². The van der Waals surface area contributed by atoms with Gasteiger partial charge in [0, 0.05) is 11.6 Å². The maximum absolute atomic E-state index is 5.66. The molecule has 5 nitrogen and oxygen atoms in total. The van der Waals surface area contributed by atoms with Crippen molar-refractivity contribution in [2.45, 2.75) is 24.8 Å². The highest BCUT2D eigenvalue weighted by atomic mass is 32.2. The maximum Gasteiger partial charge on any atom is 0.277 e. The Bertz CT molecular complexity index is 721. The van der Waals surface area contributed by atoms with Crippen molar-refractivity contribution in [2.75, 3.05) is 0 Å². The van der Waals surface area contributed by atoms with Gasteiger partial charge in [-0.1, -0.05) is 35.1 Å². The highest BCUT2D eigenvalue weighted by molar-refractivity contribution is 7.98. The highest BCUT2D eigenvalue weighted by Crippen LogP contribution is 2.27. The number of aryl methyl sites for hydroxylation is 2. The summed E-state index contributed by atoms with van der Waals surface area (Å²) in [5.74, 6) is 1.96. The van der Waals surface area contributed by atoms with Crippen LogP contribution in [-0.4, -0.2) is 15.4 Å². The lowest BCUT2D eigenvalue weighted by molar-refractivity contribution is 0.390. The minimum absolute atomic E-state index is 0.525. The Balaban J connectivity index is 1.72. The zero-order valence-electron chi connectivity index (χ0n) is 11.2. The number of benzene rings is 1. The van der Waals surface area contributed by atoms with Gasteiger partial charge in [0.2, 0.25) is 5.89 Å². The molecule has 0 radical (unpaired) electrons. The number of hydrogen-bond acceptors (Lipinski definition) is 6. The summed E-state index contributed by atoms with van der Waals surface area (Å²) in [6.45, 7) is 3.91. The Morgan fingerprint density at radius 3 is 2.75 bits per heavy atom. The van der Waals surface area contributed by atoms with E-state index in [1.54, 1.807) is 0 Å². The first-order valence-corrected chi connectivity index (χ1v) is 7.15. The van der Waals surface area contributed by atoms with Gasteiger partial charge in [-0.15, -0.1) is 10.2 Å². The number of thioether (sulfide) groups is 1. The summed E-state index contributed by atoms with van der Waals surface area (Å²) in [4.78, 5) is 0. The van der Waals surface area contributed by atoms with E-state index in [9.17, 15) is 0 Å². The molecule has 6 heteroatoms. The van der Waals surface area contributed by atoms with E-state index in [-0.39, 0.29) is 0 Å². The van der Waals surface area contributed by atoms with E-state index in [0.717, 1.165) is 22.6 Å². The molecule has 3 rings (SSSR count). The van der Waals surface area contributed by atoms with Crippen LogP contribution in [0.3, 0.4) is 0 Å². The Morgan fingerprint density at radius 2 is 2.00 bits per heavy atom. The topological polar surface area (TPSA) is 65.0 Å². The fraction of sp³-hybridized carbons (Fsp3) is 0.214. The molecular formula is C14H13N3O2S. The van der Waals surface area contributed by atoms with E-state index >= 15 is 0 Å². The smallest absolute Gasteiger partial charge is 0.277 e. The van der Waals surface area contributed by atoms with Crippen LogP contribution in [0.15, 0.2) is 44.5 Å². The molecule has 0 bridgehead atoms. The molecular weight excluding hydrogens is 274 g/mol. The zero-order valence-corrected chi connectivity index (χ0v) is 12.0. The molecule has 0 saturated heterocycles. The third kappa shape index (κ3) is 2.75. The fourth-order valence-electron chi connectivity index (χ4n) is 1.81. The van der Waals surface area contributed by atoms with E-state index in [4.69, 9.17) is 8.94 Å². The zero-order chi connectivity index (χ0) is 13.9. The van der Waals surface area contributed by atoms with Crippen molar-refractivity contribution < 1.29 is 8.94 Å². The van der Waals surface area contributed by atoms with Crippen LogP contribution in [0.4, 0.5) is 0 Å². The predicted molar refractivity (Wildman–Crippen MR) is 75.3 cm³/mol. The van der Waals surface area contributed by atoms with Crippen molar-refractivity contribution in [1.82, 2.24) is 15.4 Å². The first-order valence-electron chi connectivity index (χ1n) is 6.17. The summed E-state index contributed by atoms with van der Waals surface area (Å²) < 4.78 is 10.8. The molecule has 3 aromatic rings. The predicted octanol–water partition coefficient (Wildman–Crippen LogP) is 3.63. The normalized spacial score (nSPS) is 10.9. The Morgan fingerprint density at radius 1 is 1.15 bits per heavy atom. The summed E-state index contributed by atoms with van der Waals surface area (Å²) >= 11 is 1.43. The van der Waals surface area contributed by atoms with Gasteiger partial charge < -0.3 is 8.94 Å². The van der Waals surface area contributed by atoms with Crippen LogP contribution in [0.5, 0.6) is 0 Å². The molecule has 0 unspecified atom stereocenters.